The Labute approximate surface area is 107 Å². The molecule has 0 spiro atoms. The first-order valence-electron chi connectivity index (χ1n) is 6.28. The van der Waals surface area contributed by atoms with E-state index in [1.165, 1.54) is 0 Å². The van der Waals surface area contributed by atoms with Crippen molar-refractivity contribution >= 4 is 0 Å². The molecule has 0 aliphatic heterocycles. The van der Waals surface area contributed by atoms with Crippen LogP contribution < -0.4 is 0 Å². The van der Waals surface area contributed by atoms with E-state index in [1.54, 1.807) is 0 Å². The molecule has 0 saturated heterocycles. The van der Waals surface area contributed by atoms with Crippen molar-refractivity contribution in [1.29, 1.82) is 0 Å². The van der Waals surface area contributed by atoms with Gasteiger partial charge in [0.25, 0.3) is 0 Å². The van der Waals surface area contributed by atoms with Crippen LogP contribution in [0.2, 0.25) is 0 Å². The highest BCUT2D eigenvalue weighted by molar-refractivity contribution is 5.01. The molecule has 1 heteroatoms. The van der Waals surface area contributed by atoms with Crippen molar-refractivity contribution in [3.05, 3.63) is 50.6 Å². The van der Waals surface area contributed by atoms with Gasteiger partial charge < -0.3 is 4.74 Å². The molecule has 0 atom stereocenters. The highest BCUT2D eigenvalue weighted by Gasteiger charge is 2.35. The largest absolute Gasteiger partial charge is 0.374 e. The summed E-state index contributed by atoms with van der Waals surface area (Å²) in [5, 5.41) is 0. The van der Waals surface area contributed by atoms with Crippen molar-refractivity contribution in [3.63, 3.8) is 0 Å². The van der Waals surface area contributed by atoms with Gasteiger partial charge in [-0.3, -0.25) is 0 Å². The number of ether oxygens (including phenoxy) is 1. The summed E-state index contributed by atoms with van der Waals surface area (Å²) in [6.07, 6.45) is 11.3. The fraction of sp³-hybridized carbons (Fsp3) is 0.500. The molecule has 0 unspecified atom stereocenters. The first kappa shape index (κ1) is 15.9. The van der Waals surface area contributed by atoms with E-state index in [0.717, 1.165) is 25.7 Å². The summed E-state index contributed by atoms with van der Waals surface area (Å²) in [6, 6.07) is 0. The minimum Gasteiger partial charge on any atom is -0.374 e. The smallest absolute Gasteiger partial charge is 0.0784 e. The molecule has 0 aromatic rings. The summed E-state index contributed by atoms with van der Waals surface area (Å²) in [5.41, 5.74) is -0.208. The van der Waals surface area contributed by atoms with Gasteiger partial charge in [-0.25, -0.2) is 0 Å². The van der Waals surface area contributed by atoms with E-state index in [2.05, 4.69) is 26.3 Å². The lowest BCUT2D eigenvalue weighted by Gasteiger charge is -2.39. The molecular formula is C16H26O. The fourth-order valence-corrected chi connectivity index (χ4v) is 2.36. The molecule has 0 rings (SSSR count). The van der Waals surface area contributed by atoms with Crippen molar-refractivity contribution in [3.8, 4) is 0 Å². The summed E-state index contributed by atoms with van der Waals surface area (Å²) in [7, 11) is 0. The quantitative estimate of drug-likeness (QED) is 0.472. The van der Waals surface area contributed by atoms with Gasteiger partial charge in [-0.05, 0) is 38.5 Å². The van der Waals surface area contributed by atoms with Crippen LogP contribution in [0.4, 0.5) is 0 Å². The standard InChI is InChI=1S/C16H26O/c1-6-11-15(12-7-2)16(13-8-3,14-9-4)17-10-5/h6-9,15H,1-4,10-14H2,5H3. The van der Waals surface area contributed by atoms with Gasteiger partial charge in [0.1, 0.15) is 0 Å². The predicted molar refractivity (Wildman–Crippen MR) is 77.1 cm³/mol. The van der Waals surface area contributed by atoms with E-state index in [4.69, 9.17) is 4.74 Å². The van der Waals surface area contributed by atoms with Crippen LogP contribution in [0, 0.1) is 5.92 Å². The van der Waals surface area contributed by atoms with Crippen LogP contribution >= 0.6 is 0 Å². The summed E-state index contributed by atoms with van der Waals surface area (Å²) >= 11 is 0. The Morgan fingerprint density at radius 3 is 1.71 bits per heavy atom. The summed E-state index contributed by atoms with van der Waals surface area (Å²) in [4.78, 5) is 0. The highest BCUT2D eigenvalue weighted by atomic mass is 16.5. The zero-order chi connectivity index (χ0) is 13.1. The Bertz CT molecular complexity index is 232. The second-order valence-corrected chi connectivity index (χ2v) is 4.23. The molecule has 1 nitrogen and oxygen atoms in total. The molecule has 0 aromatic carbocycles. The van der Waals surface area contributed by atoms with Gasteiger partial charge >= 0.3 is 0 Å². The van der Waals surface area contributed by atoms with Crippen molar-refractivity contribution in [2.75, 3.05) is 6.61 Å². The Balaban J connectivity index is 5.12. The second kappa shape index (κ2) is 9.00. The molecule has 0 saturated carbocycles. The van der Waals surface area contributed by atoms with Crippen molar-refractivity contribution in [2.24, 2.45) is 5.92 Å². The normalized spacial score (nSPS) is 11.2. The lowest BCUT2D eigenvalue weighted by atomic mass is 9.77. The van der Waals surface area contributed by atoms with Gasteiger partial charge in [-0.2, -0.15) is 0 Å². The summed E-state index contributed by atoms with van der Waals surface area (Å²) in [5.74, 6) is 0.383. The van der Waals surface area contributed by atoms with E-state index in [-0.39, 0.29) is 5.60 Å². The van der Waals surface area contributed by atoms with Crippen molar-refractivity contribution in [2.45, 2.75) is 38.2 Å². The molecule has 0 fully saturated rings. The maximum absolute atomic E-state index is 6.04. The zero-order valence-corrected chi connectivity index (χ0v) is 11.2. The molecule has 0 amide bonds. The molecule has 0 heterocycles. The molecule has 0 N–H and O–H groups in total. The lowest BCUT2D eigenvalue weighted by molar-refractivity contribution is -0.0770. The molecule has 0 bridgehead atoms. The van der Waals surface area contributed by atoms with Crippen molar-refractivity contribution < 1.29 is 4.74 Å². The highest BCUT2D eigenvalue weighted by Crippen LogP contribution is 2.36. The van der Waals surface area contributed by atoms with Gasteiger partial charge in [0.2, 0.25) is 0 Å². The number of hydrogen-bond donors (Lipinski definition) is 0. The Kier molecular flexibility index (Phi) is 8.43. The molecule has 0 aliphatic rings. The SMILES string of the molecule is C=CCC(CC=C)C(CC=C)(CC=C)OCC. The van der Waals surface area contributed by atoms with Crippen molar-refractivity contribution in [1.82, 2.24) is 0 Å². The van der Waals surface area contributed by atoms with E-state index >= 15 is 0 Å². The first-order valence-corrected chi connectivity index (χ1v) is 6.28. The van der Waals surface area contributed by atoms with Crippen LogP contribution in [0.3, 0.4) is 0 Å². The third kappa shape index (κ3) is 4.74. The molecular weight excluding hydrogens is 208 g/mol. The Hall–Kier alpha value is -1.08. The fourth-order valence-electron chi connectivity index (χ4n) is 2.36. The third-order valence-corrected chi connectivity index (χ3v) is 3.06. The minimum atomic E-state index is -0.208. The van der Waals surface area contributed by atoms with E-state index in [9.17, 15) is 0 Å². The molecule has 17 heavy (non-hydrogen) atoms. The maximum atomic E-state index is 6.04. The van der Waals surface area contributed by atoms with Crippen LogP contribution in [-0.4, -0.2) is 12.2 Å². The maximum Gasteiger partial charge on any atom is 0.0784 e. The number of hydrogen-bond acceptors (Lipinski definition) is 1. The predicted octanol–water partition coefficient (Wildman–Crippen LogP) is 4.68. The number of rotatable bonds is 11. The van der Waals surface area contributed by atoms with Gasteiger partial charge in [-0.1, -0.05) is 24.3 Å². The third-order valence-electron chi connectivity index (χ3n) is 3.06. The molecule has 0 radical (unpaired) electrons. The number of allylic oxidation sites excluding steroid dienone is 2. The minimum absolute atomic E-state index is 0.208. The zero-order valence-electron chi connectivity index (χ0n) is 11.2. The monoisotopic (exact) mass is 234 g/mol. The van der Waals surface area contributed by atoms with Gasteiger partial charge in [0, 0.05) is 6.61 Å². The Morgan fingerprint density at radius 1 is 0.941 bits per heavy atom. The van der Waals surface area contributed by atoms with Crippen LogP contribution in [-0.2, 0) is 4.74 Å². The molecule has 0 aromatic heterocycles. The first-order chi connectivity index (χ1) is 8.20. The van der Waals surface area contributed by atoms with Gasteiger partial charge in [0.15, 0.2) is 0 Å². The van der Waals surface area contributed by atoms with Crippen LogP contribution in [0.15, 0.2) is 50.6 Å². The average molecular weight is 234 g/mol. The lowest BCUT2D eigenvalue weighted by Crippen LogP contribution is -2.40. The van der Waals surface area contributed by atoms with Gasteiger partial charge in [-0.15, -0.1) is 26.3 Å². The van der Waals surface area contributed by atoms with Crippen LogP contribution in [0.5, 0.6) is 0 Å². The Morgan fingerprint density at radius 2 is 1.41 bits per heavy atom. The van der Waals surface area contributed by atoms with E-state index in [1.807, 2.05) is 31.2 Å². The molecule has 0 aliphatic carbocycles. The van der Waals surface area contributed by atoms with E-state index in [0.29, 0.717) is 12.5 Å². The molecule has 96 valence electrons. The summed E-state index contributed by atoms with van der Waals surface area (Å²) < 4.78 is 6.04. The summed E-state index contributed by atoms with van der Waals surface area (Å²) in [6.45, 7) is 18.1. The van der Waals surface area contributed by atoms with Crippen LogP contribution in [0.1, 0.15) is 32.6 Å². The average Bonchev–Trinajstić information content (AvgIpc) is 2.29. The van der Waals surface area contributed by atoms with E-state index < -0.39 is 0 Å². The van der Waals surface area contributed by atoms with Crippen LogP contribution in [0.25, 0.3) is 0 Å². The second-order valence-electron chi connectivity index (χ2n) is 4.23. The van der Waals surface area contributed by atoms with Gasteiger partial charge in [0.05, 0.1) is 5.60 Å². The topological polar surface area (TPSA) is 9.23 Å².